The van der Waals surface area contributed by atoms with Crippen molar-refractivity contribution in [3.05, 3.63) is 52.7 Å². The Kier molecular flexibility index (Phi) is 4.52. The Labute approximate surface area is 135 Å². The van der Waals surface area contributed by atoms with Crippen LogP contribution in [0.5, 0.6) is 0 Å². The lowest BCUT2D eigenvalue weighted by Gasteiger charge is -2.15. The van der Waals surface area contributed by atoms with Crippen molar-refractivity contribution in [3.8, 4) is 11.3 Å². The van der Waals surface area contributed by atoms with Gasteiger partial charge in [-0.05, 0) is 37.3 Å². The first-order valence-corrected chi connectivity index (χ1v) is 6.54. The topological polar surface area (TPSA) is 12.9 Å². The first-order valence-electron chi connectivity index (χ1n) is 6.54. The first-order chi connectivity index (χ1) is 11.2. The molecule has 136 valence electrons. The average Bonchev–Trinajstić information content (AvgIpc) is 2.43. The molecule has 0 fully saturated rings. The summed E-state index contributed by atoms with van der Waals surface area (Å²) in [5.41, 5.74) is -5.84. The highest BCUT2D eigenvalue weighted by atomic mass is 19.4. The van der Waals surface area contributed by atoms with Gasteiger partial charge in [-0.3, -0.25) is 4.98 Å². The number of aryl methyl sites for hydroxylation is 1. The maximum atomic E-state index is 12.8. The molecule has 1 aromatic heterocycles. The van der Waals surface area contributed by atoms with Gasteiger partial charge in [0.25, 0.3) is 0 Å². The van der Waals surface area contributed by atoms with E-state index in [-0.39, 0.29) is 6.07 Å². The molecule has 25 heavy (non-hydrogen) atoms. The number of hydrogen-bond donors (Lipinski definition) is 0. The molecule has 0 saturated carbocycles. The molecule has 0 unspecified atom stereocenters. The fraction of sp³-hybridized carbons (Fsp3) is 0.267. The lowest BCUT2D eigenvalue weighted by Crippen LogP contribution is -2.12. The van der Waals surface area contributed by atoms with Crippen LogP contribution in [-0.4, -0.2) is 4.98 Å². The molecule has 0 N–H and O–H groups in total. The van der Waals surface area contributed by atoms with E-state index in [2.05, 4.69) is 4.98 Å². The van der Waals surface area contributed by atoms with E-state index >= 15 is 0 Å². The van der Waals surface area contributed by atoms with Crippen molar-refractivity contribution in [2.24, 2.45) is 0 Å². The largest absolute Gasteiger partial charge is 0.418 e. The maximum absolute atomic E-state index is 12.8. The Bertz CT molecular complexity index is 753. The second kappa shape index (κ2) is 5.92. The third-order valence-corrected chi connectivity index (χ3v) is 3.27. The van der Waals surface area contributed by atoms with Gasteiger partial charge >= 0.3 is 18.5 Å². The van der Waals surface area contributed by atoms with Crippen molar-refractivity contribution in [2.75, 3.05) is 0 Å². The van der Waals surface area contributed by atoms with E-state index in [1.54, 1.807) is 0 Å². The van der Waals surface area contributed by atoms with Crippen LogP contribution in [0.3, 0.4) is 0 Å². The molecule has 0 atom stereocenters. The number of nitrogens with zero attached hydrogens (tertiary/aromatic N) is 1. The highest BCUT2D eigenvalue weighted by molar-refractivity contribution is 5.62. The third-order valence-electron chi connectivity index (χ3n) is 3.27. The second-order valence-electron chi connectivity index (χ2n) is 5.12. The number of benzene rings is 1. The highest BCUT2D eigenvalue weighted by Gasteiger charge is 2.37. The fourth-order valence-electron chi connectivity index (χ4n) is 2.12. The fourth-order valence-corrected chi connectivity index (χ4v) is 2.12. The van der Waals surface area contributed by atoms with Gasteiger partial charge in [-0.15, -0.1) is 0 Å². The zero-order chi connectivity index (χ0) is 19.2. The van der Waals surface area contributed by atoms with Gasteiger partial charge in [-0.2, -0.15) is 39.5 Å². The molecule has 10 heteroatoms. The quantitative estimate of drug-likeness (QED) is 0.550. The van der Waals surface area contributed by atoms with E-state index in [4.69, 9.17) is 0 Å². The molecule has 0 aliphatic rings. The van der Waals surface area contributed by atoms with Gasteiger partial charge < -0.3 is 0 Å². The number of aromatic nitrogens is 1. The lowest BCUT2D eigenvalue weighted by molar-refractivity contribution is -0.143. The minimum absolute atomic E-state index is 0.0690. The molecule has 0 bridgehead atoms. The Hall–Kier alpha value is -2.26. The van der Waals surface area contributed by atoms with Gasteiger partial charge in [-0.25, -0.2) is 0 Å². The summed E-state index contributed by atoms with van der Waals surface area (Å²) in [7, 11) is 0. The number of pyridine rings is 1. The van der Waals surface area contributed by atoms with Gasteiger partial charge in [0.15, 0.2) is 0 Å². The van der Waals surface area contributed by atoms with Crippen LogP contribution < -0.4 is 0 Å². The van der Waals surface area contributed by atoms with Crippen LogP contribution in [0.15, 0.2) is 30.3 Å². The van der Waals surface area contributed by atoms with E-state index in [9.17, 15) is 39.5 Å². The van der Waals surface area contributed by atoms with Crippen LogP contribution in [0.1, 0.15) is 22.4 Å². The van der Waals surface area contributed by atoms with Crippen molar-refractivity contribution < 1.29 is 39.5 Å². The molecule has 0 radical (unpaired) electrons. The molecule has 1 aromatic carbocycles. The standard InChI is InChI=1S/C15H8F9N/c1-7-11(15(22,23)24)2-3-12(25-7)8-4-9(13(16,17)18)6-10(5-8)14(19,20)21/h2-6H,1H3. The maximum Gasteiger partial charge on any atom is 0.418 e. The third kappa shape index (κ3) is 4.23. The molecule has 0 aliphatic carbocycles. The zero-order valence-electron chi connectivity index (χ0n) is 12.2. The van der Waals surface area contributed by atoms with Gasteiger partial charge in [0.05, 0.1) is 28.1 Å². The average molecular weight is 373 g/mol. The Balaban J connectivity index is 2.65. The summed E-state index contributed by atoms with van der Waals surface area (Å²) in [6.45, 7) is 0.963. The minimum Gasteiger partial charge on any atom is -0.253 e. The van der Waals surface area contributed by atoms with E-state index in [0.29, 0.717) is 18.2 Å². The van der Waals surface area contributed by atoms with Crippen LogP contribution in [-0.2, 0) is 18.5 Å². The van der Waals surface area contributed by atoms with Crippen molar-refractivity contribution in [2.45, 2.75) is 25.5 Å². The van der Waals surface area contributed by atoms with Crippen LogP contribution >= 0.6 is 0 Å². The number of halogens is 9. The van der Waals surface area contributed by atoms with Gasteiger partial charge in [0.1, 0.15) is 0 Å². The van der Waals surface area contributed by atoms with Gasteiger partial charge in [-0.1, -0.05) is 0 Å². The van der Waals surface area contributed by atoms with E-state index in [1.807, 2.05) is 0 Å². The Morgan fingerprint density at radius 2 is 1.16 bits per heavy atom. The van der Waals surface area contributed by atoms with E-state index in [1.165, 1.54) is 0 Å². The second-order valence-corrected chi connectivity index (χ2v) is 5.12. The molecular formula is C15H8F9N. The zero-order valence-corrected chi connectivity index (χ0v) is 12.2. The Morgan fingerprint density at radius 3 is 1.52 bits per heavy atom. The molecule has 0 saturated heterocycles. The summed E-state index contributed by atoms with van der Waals surface area (Å²) in [5.74, 6) is 0. The van der Waals surface area contributed by atoms with Crippen molar-refractivity contribution in [1.82, 2.24) is 4.98 Å². The summed E-state index contributed by atoms with van der Waals surface area (Å²) in [6, 6.07) is 2.03. The normalized spacial score (nSPS) is 13.2. The molecule has 0 amide bonds. The number of hydrogen-bond acceptors (Lipinski definition) is 1. The Morgan fingerprint density at radius 1 is 0.680 bits per heavy atom. The smallest absolute Gasteiger partial charge is 0.253 e. The van der Waals surface area contributed by atoms with Crippen LogP contribution in [0, 0.1) is 6.92 Å². The lowest BCUT2D eigenvalue weighted by atomic mass is 10.0. The summed E-state index contributed by atoms with van der Waals surface area (Å²) < 4.78 is 115. The van der Waals surface area contributed by atoms with Crippen molar-refractivity contribution in [1.29, 1.82) is 0 Å². The predicted octanol–water partition coefficient (Wildman–Crippen LogP) is 6.11. The highest BCUT2D eigenvalue weighted by Crippen LogP contribution is 2.39. The molecule has 0 spiro atoms. The summed E-state index contributed by atoms with van der Waals surface area (Å²) in [5, 5.41) is 0. The molecule has 2 rings (SSSR count). The molecule has 0 aliphatic heterocycles. The monoisotopic (exact) mass is 373 g/mol. The molecule has 1 nitrogen and oxygen atoms in total. The number of rotatable bonds is 1. The van der Waals surface area contributed by atoms with Gasteiger partial charge in [0, 0.05) is 5.56 Å². The minimum atomic E-state index is -5.06. The van der Waals surface area contributed by atoms with Crippen molar-refractivity contribution >= 4 is 0 Å². The summed E-state index contributed by atoms with van der Waals surface area (Å²) >= 11 is 0. The number of alkyl halides is 9. The van der Waals surface area contributed by atoms with Crippen LogP contribution in [0.4, 0.5) is 39.5 Å². The van der Waals surface area contributed by atoms with Crippen LogP contribution in [0.25, 0.3) is 11.3 Å². The first kappa shape index (κ1) is 19.1. The SMILES string of the molecule is Cc1nc(-c2cc(C(F)(F)F)cc(C(F)(F)F)c2)ccc1C(F)(F)F. The predicted molar refractivity (Wildman–Crippen MR) is 69.4 cm³/mol. The van der Waals surface area contributed by atoms with E-state index in [0.717, 1.165) is 13.0 Å². The molecule has 2 aromatic rings. The van der Waals surface area contributed by atoms with Crippen molar-refractivity contribution in [3.63, 3.8) is 0 Å². The summed E-state index contributed by atoms with van der Waals surface area (Å²) in [6.07, 6.45) is -14.9. The van der Waals surface area contributed by atoms with Crippen LogP contribution in [0.2, 0.25) is 0 Å². The van der Waals surface area contributed by atoms with E-state index < -0.39 is 52.2 Å². The summed E-state index contributed by atoms with van der Waals surface area (Å²) in [4.78, 5) is 3.50. The van der Waals surface area contributed by atoms with Gasteiger partial charge in [0.2, 0.25) is 0 Å². The molecular weight excluding hydrogens is 365 g/mol. The molecule has 1 heterocycles.